The lowest BCUT2D eigenvalue weighted by Gasteiger charge is -2.12. The quantitative estimate of drug-likeness (QED) is 0.815. The molecule has 18 heavy (non-hydrogen) atoms. The highest BCUT2D eigenvalue weighted by Crippen LogP contribution is 2.28. The van der Waals surface area contributed by atoms with Gasteiger partial charge in [0.2, 0.25) is 0 Å². The van der Waals surface area contributed by atoms with Crippen LogP contribution in [0.2, 0.25) is 0 Å². The minimum atomic E-state index is -0.234. The number of benzene rings is 2. The van der Waals surface area contributed by atoms with Gasteiger partial charge in [-0.15, -0.1) is 0 Å². The van der Waals surface area contributed by atoms with E-state index in [9.17, 15) is 4.39 Å². The summed E-state index contributed by atoms with van der Waals surface area (Å²) < 4.78 is 18.5. The summed E-state index contributed by atoms with van der Waals surface area (Å²) in [5.41, 5.74) is 8.40. The van der Waals surface area contributed by atoms with Crippen LogP contribution in [0.15, 0.2) is 36.4 Å². The van der Waals surface area contributed by atoms with Gasteiger partial charge in [0, 0.05) is 23.0 Å². The zero-order valence-electron chi connectivity index (χ0n) is 10.3. The Kier molecular flexibility index (Phi) is 3.37. The Bertz CT molecular complexity index is 570. The lowest BCUT2D eigenvalue weighted by Crippen LogP contribution is -1.97. The number of ether oxygens (including phenoxy) is 1. The van der Waals surface area contributed by atoms with Crippen LogP contribution in [0.3, 0.4) is 0 Å². The minimum absolute atomic E-state index is 0.234. The highest BCUT2D eigenvalue weighted by molar-refractivity contribution is 5.68. The number of hydrogen-bond donors (Lipinski definition) is 2. The van der Waals surface area contributed by atoms with Gasteiger partial charge in [0.1, 0.15) is 11.6 Å². The molecule has 3 nitrogen and oxygen atoms in total. The molecule has 0 radical (unpaired) electrons. The summed E-state index contributed by atoms with van der Waals surface area (Å²) >= 11 is 0. The number of hydrogen-bond acceptors (Lipinski definition) is 3. The number of nitrogens with two attached hydrogens (primary N) is 1. The number of anilines is 3. The zero-order valence-corrected chi connectivity index (χ0v) is 10.3. The van der Waals surface area contributed by atoms with Crippen LogP contribution in [0.5, 0.6) is 5.75 Å². The van der Waals surface area contributed by atoms with Gasteiger partial charge in [-0.05, 0) is 31.2 Å². The van der Waals surface area contributed by atoms with Gasteiger partial charge in [0.25, 0.3) is 0 Å². The second-order valence-corrected chi connectivity index (χ2v) is 3.99. The van der Waals surface area contributed by atoms with Crippen molar-refractivity contribution in [3.05, 3.63) is 47.8 Å². The van der Waals surface area contributed by atoms with Crippen molar-refractivity contribution in [3.63, 3.8) is 0 Å². The van der Waals surface area contributed by atoms with Gasteiger partial charge in [0.15, 0.2) is 0 Å². The largest absolute Gasteiger partial charge is 0.495 e. The van der Waals surface area contributed by atoms with Crippen LogP contribution in [0, 0.1) is 12.7 Å². The van der Waals surface area contributed by atoms with E-state index in [0.29, 0.717) is 17.0 Å². The van der Waals surface area contributed by atoms with Crippen molar-refractivity contribution < 1.29 is 9.13 Å². The molecule has 0 aliphatic carbocycles. The molecule has 2 aromatic carbocycles. The molecule has 2 rings (SSSR count). The van der Waals surface area contributed by atoms with E-state index in [1.807, 2.05) is 12.1 Å². The molecule has 94 valence electrons. The maximum Gasteiger partial charge on any atom is 0.143 e. The fourth-order valence-electron chi connectivity index (χ4n) is 1.69. The van der Waals surface area contributed by atoms with Crippen molar-refractivity contribution in [2.24, 2.45) is 0 Å². The van der Waals surface area contributed by atoms with E-state index in [2.05, 4.69) is 5.32 Å². The average molecular weight is 246 g/mol. The van der Waals surface area contributed by atoms with Crippen molar-refractivity contribution in [1.82, 2.24) is 0 Å². The summed E-state index contributed by atoms with van der Waals surface area (Å²) in [5, 5.41) is 3.14. The van der Waals surface area contributed by atoms with Gasteiger partial charge in [-0.25, -0.2) is 4.39 Å². The summed E-state index contributed by atoms with van der Waals surface area (Å²) in [5.74, 6) is 0.358. The maximum atomic E-state index is 13.4. The molecule has 0 atom stereocenters. The average Bonchev–Trinajstić information content (AvgIpc) is 2.37. The van der Waals surface area contributed by atoms with Crippen LogP contribution < -0.4 is 15.8 Å². The normalized spacial score (nSPS) is 10.2. The van der Waals surface area contributed by atoms with E-state index in [0.717, 1.165) is 11.4 Å². The van der Waals surface area contributed by atoms with E-state index >= 15 is 0 Å². The van der Waals surface area contributed by atoms with Gasteiger partial charge in [-0.1, -0.05) is 6.07 Å². The van der Waals surface area contributed by atoms with Crippen LogP contribution in [0.4, 0.5) is 21.5 Å². The standard InChI is InChI=1S/C14H15FN2O/c1-9-11(15)4-3-5-13(9)17-10-6-7-12(16)14(8-10)18-2/h3-8,17H,16H2,1-2H3. The van der Waals surface area contributed by atoms with Gasteiger partial charge in [0.05, 0.1) is 12.8 Å². The predicted octanol–water partition coefficient (Wildman–Crippen LogP) is 3.47. The third-order valence-electron chi connectivity index (χ3n) is 2.78. The van der Waals surface area contributed by atoms with E-state index in [-0.39, 0.29) is 5.82 Å². The Morgan fingerprint density at radius 3 is 2.72 bits per heavy atom. The molecular formula is C14H15FN2O. The molecule has 0 aromatic heterocycles. The summed E-state index contributed by atoms with van der Waals surface area (Å²) in [7, 11) is 1.56. The number of halogens is 1. The van der Waals surface area contributed by atoms with Gasteiger partial charge >= 0.3 is 0 Å². The van der Waals surface area contributed by atoms with Crippen molar-refractivity contribution in [2.45, 2.75) is 6.92 Å². The van der Waals surface area contributed by atoms with E-state index in [1.165, 1.54) is 6.07 Å². The molecule has 0 heterocycles. The topological polar surface area (TPSA) is 47.3 Å². The molecule has 0 saturated heterocycles. The lowest BCUT2D eigenvalue weighted by molar-refractivity contribution is 0.417. The zero-order chi connectivity index (χ0) is 13.1. The number of nitrogen functional groups attached to an aromatic ring is 1. The summed E-state index contributed by atoms with van der Waals surface area (Å²) in [6, 6.07) is 10.3. The minimum Gasteiger partial charge on any atom is -0.495 e. The van der Waals surface area contributed by atoms with Crippen molar-refractivity contribution >= 4 is 17.1 Å². The maximum absolute atomic E-state index is 13.4. The van der Waals surface area contributed by atoms with E-state index in [4.69, 9.17) is 10.5 Å². The molecule has 0 amide bonds. The number of rotatable bonds is 3. The molecule has 0 bridgehead atoms. The second kappa shape index (κ2) is 4.96. The SMILES string of the molecule is COc1cc(Nc2cccc(F)c2C)ccc1N. The highest BCUT2D eigenvalue weighted by Gasteiger charge is 2.05. The van der Waals surface area contributed by atoms with Crippen molar-refractivity contribution in [1.29, 1.82) is 0 Å². The first-order valence-electron chi connectivity index (χ1n) is 5.57. The molecule has 0 saturated carbocycles. The molecule has 0 spiro atoms. The third-order valence-corrected chi connectivity index (χ3v) is 2.78. The molecule has 0 fully saturated rings. The van der Waals surface area contributed by atoms with Crippen LogP contribution in [-0.2, 0) is 0 Å². The predicted molar refractivity (Wildman–Crippen MR) is 71.8 cm³/mol. The van der Waals surface area contributed by atoms with Crippen LogP contribution in [0.1, 0.15) is 5.56 Å². The van der Waals surface area contributed by atoms with Crippen molar-refractivity contribution in [3.8, 4) is 5.75 Å². The highest BCUT2D eigenvalue weighted by atomic mass is 19.1. The molecule has 0 unspecified atom stereocenters. The van der Waals surface area contributed by atoms with Gasteiger partial charge < -0.3 is 15.8 Å². The molecular weight excluding hydrogens is 231 g/mol. The molecule has 2 aromatic rings. The van der Waals surface area contributed by atoms with Gasteiger partial charge in [-0.3, -0.25) is 0 Å². The summed E-state index contributed by atoms with van der Waals surface area (Å²) in [4.78, 5) is 0. The summed E-state index contributed by atoms with van der Waals surface area (Å²) in [6.45, 7) is 1.73. The van der Waals surface area contributed by atoms with Gasteiger partial charge in [-0.2, -0.15) is 0 Å². The van der Waals surface area contributed by atoms with Crippen LogP contribution in [-0.4, -0.2) is 7.11 Å². The Morgan fingerprint density at radius 2 is 2.00 bits per heavy atom. The Balaban J connectivity index is 2.31. The Morgan fingerprint density at radius 1 is 1.22 bits per heavy atom. The first kappa shape index (κ1) is 12.2. The molecule has 0 aliphatic rings. The number of nitrogens with one attached hydrogen (secondary N) is 1. The van der Waals surface area contributed by atoms with E-state index < -0.39 is 0 Å². The first-order chi connectivity index (χ1) is 8.61. The fraction of sp³-hybridized carbons (Fsp3) is 0.143. The first-order valence-corrected chi connectivity index (χ1v) is 5.57. The molecule has 4 heteroatoms. The second-order valence-electron chi connectivity index (χ2n) is 3.99. The monoisotopic (exact) mass is 246 g/mol. The van der Waals surface area contributed by atoms with E-state index in [1.54, 1.807) is 32.2 Å². The Hall–Kier alpha value is -2.23. The Labute approximate surface area is 105 Å². The smallest absolute Gasteiger partial charge is 0.143 e. The third kappa shape index (κ3) is 2.37. The number of methoxy groups -OCH3 is 1. The lowest BCUT2D eigenvalue weighted by atomic mass is 10.1. The van der Waals surface area contributed by atoms with Crippen molar-refractivity contribution in [2.75, 3.05) is 18.2 Å². The van der Waals surface area contributed by atoms with Crippen LogP contribution >= 0.6 is 0 Å². The van der Waals surface area contributed by atoms with Crippen LogP contribution in [0.25, 0.3) is 0 Å². The fourth-order valence-corrected chi connectivity index (χ4v) is 1.69. The molecule has 0 aliphatic heterocycles. The summed E-state index contributed by atoms with van der Waals surface area (Å²) in [6.07, 6.45) is 0. The molecule has 3 N–H and O–H groups in total.